The third-order valence-electron chi connectivity index (χ3n) is 2.02. The van der Waals surface area contributed by atoms with E-state index in [1.807, 2.05) is 11.3 Å². The summed E-state index contributed by atoms with van der Waals surface area (Å²) in [5.41, 5.74) is 0. The number of aliphatic hydroxyl groups excluding tert-OH is 1. The molecule has 1 nitrogen and oxygen atoms in total. The summed E-state index contributed by atoms with van der Waals surface area (Å²) in [5.74, 6) is 1.94. The minimum absolute atomic E-state index is 0.177. The Hall–Kier alpha value is 0.01000. The molecule has 1 heterocycles. The zero-order valence-electron chi connectivity index (χ0n) is 8.82. The fourth-order valence-corrected chi connectivity index (χ4v) is 2.92. The number of aliphatic hydroxyl groups is 1. The van der Waals surface area contributed by atoms with Crippen molar-refractivity contribution in [3.63, 3.8) is 0 Å². The van der Waals surface area contributed by atoms with E-state index in [4.69, 9.17) is 0 Å². The van der Waals surface area contributed by atoms with Crippen LogP contribution in [0.1, 0.15) is 23.6 Å². The number of hydrogen-bond donors (Lipinski definition) is 1. The SMILES string of the molecule is CCSCC(O)Cc1ccc(CC)s1. The second-order valence-electron chi connectivity index (χ2n) is 3.24. The van der Waals surface area contributed by atoms with Gasteiger partial charge in [-0.05, 0) is 24.3 Å². The lowest BCUT2D eigenvalue weighted by Crippen LogP contribution is -2.12. The summed E-state index contributed by atoms with van der Waals surface area (Å²) in [7, 11) is 0. The first kappa shape index (κ1) is 12.1. The third-order valence-corrected chi connectivity index (χ3v) is 4.30. The molecule has 0 spiro atoms. The van der Waals surface area contributed by atoms with E-state index in [0.29, 0.717) is 0 Å². The molecule has 80 valence electrons. The average molecular weight is 230 g/mol. The Morgan fingerprint density at radius 1 is 1.36 bits per heavy atom. The maximum absolute atomic E-state index is 9.70. The van der Waals surface area contributed by atoms with Gasteiger partial charge in [-0.1, -0.05) is 13.8 Å². The van der Waals surface area contributed by atoms with Crippen LogP contribution >= 0.6 is 23.1 Å². The Labute approximate surface area is 94.5 Å². The number of hydrogen-bond acceptors (Lipinski definition) is 3. The van der Waals surface area contributed by atoms with Crippen molar-refractivity contribution in [3.05, 3.63) is 21.9 Å². The fourth-order valence-electron chi connectivity index (χ4n) is 1.27. The predicted octanol–water partition coefficient (Wildman–Crippen LogP) is 2.97. The first-order chi connectivity index (χ1) is 6.76. The molecule has 0 radical (unpaired) electrons. The second kappa shape index (κ2) is 6.49. The minimum atomic E-state index is -0.177. The van der Waals surface area contributed by atoms with E-state index >= 15 is 0 Å². The molecular weight excluding hydrogens is 212 g/mol. The van der Waals surface area contributed by atoms with Crippen LogP contribution in [0.5, 0.6) is 0 Å². The zero-order chi connectivity index (χ0) is 10.4. The maximum atomic E-state index is 9.70. The van der Waals surface area contributed by atoms with E-state index in [1.54, 1.807) is 11.8 Å². The van der Waals surface area contributed by atoms with Crippen molar-refractivity contribution in [2.45, 2.75) is 32.8 Å². The van der Waals surface area contributed by atoms with Gasteiger partial charge in [-0.15, -0.1) is 11.3 Å². The van der Waals surface area contributed by atoms with Gasteiger partial charge in [0.05, 0.1) is 6.10 Å². The Bertz CT molecular complexity index is 258. The van der Waals surface area contributed by atoms with Crippen molar-refractivity contribution in [2.24, 2.45) is 0 Å². The molecule has 0 saturated carbocycles. The third kappa shape index (κ3) is 4.03. The zero-order valence-corrected chi connectivity index (χ0v) is 10.5. The van der Waals surface area contributed by atoms with Gasteiger partial charge < -0.3 is 5.11 Å². The van der Waals surface area contributed by atoms with E-state index < -0.39 is 0 Å². The molecule has 0 aliphatic carbocycles. The van der Waals surface area contributed by atoms with Gasteiger partial charge in [-0.25, -0.2) is 0 Å². The molecule has 1 atom stereocenters. The van der Waals surface area contributed by atoms with Gasteiger partial charge in [-0.2, -0.15) is 11.8 Å². The smallest absolute Gasteiger partial charge is 0.0678 e. The van der Waals surface area contributed by atoms with Crippen LogP contribution in [0.4, 0.5) is 0 Å². The molecule has 0 bridgehead atoms. The Morgan fingerprint density at radius 2 is 2.07 bits per heavy atom. The van der Waals surface area contributed by atoms with E-state index in [9.17, 15) is 5.11 Å². The van der Waals surface area contributed by atoms with Crippen molar-refractivity contribution in [1.29, 1.82) is 0 Å². The van der Waals surface area contributed by atoms with Gasteiger partial charge in [-0.3, -0.25) is 0 Å². The van der Waals surface area contributed by atoms with Crippen molar-refractivity contribution >= 4 is 23.1 Å². The van der Waals surface area contributed by atoms with Crippen LogP contribution in [0.3, 0.4) is 0 Å². The van der Waals surface area contributed by atoms with Crippen LogP contribution in [-0.4, -0.2) is 22.7 Å². The van der Waals surface area contributed by atoms with Gasteiger partial charge in [0.25, 0.3) is 0 Å². The molecule has 0 aromatic carbocycles. The highest BCUT2D eigenvalue weighted by atomic mass is 32.2. The largest absolute Gasteiger partial charge is 0.392 e. The first-order valence-electron chi connectivity index (χ1n) is 5.09. The van der Waals surface area contributed by atoms with Crippen LogP contribution in [0.15, 0.2) is 12.1 Å². The number of aryl methyl sites for hydroxylation is 1. The standard InChI is InChI=1S/C11H18OS2/c1-3-10-5-6-11(14-10)7-9(12)8-13-4-2/h5-6,9,12H,3-4,7-8H2,1-2H3. The minimum Gasteiger partial charge on any atom is -0.392 e. The number of thiophene rings is 1. The average Bonchev–Trinajstić information content (AvgIpc) is 2.62. The van der Waals surface area contributed by atoms with Gasteiger partial charge in [0.15, 0.2) is 0 Å². The molecule has 1 unspecified atom stereocenters. The van der Waals surface area contributed by atoms with Crippen molar-refractivity contribution in [3.8, 4) is 0 Å². The number of thioether (sulfide) groups is 1. The van der Waals surface area contributed by atoms with Gasteiger partial charge >= 0.3 is 0 Å². The molecule has 3 heteroatoms. The number of rotatable bonds is 6. The maximum Gasteiger partial charge on any atom is 0.0678 e. The fraction of sp³-hybridized carbons (Fsp3) is 0.636. The van der Waals surface area contributed by atoms with Crippen LogP contribution in [0, 0.1) is 0 Å². The topological polar surface area (TPSA) is 20.2 Å². The highest BCUT2D eigenvalue weighted by Gasteiger charge is 2.07. The Balaban J connectivity index is 2.35. The van der Waals surface area contributed by atoms with E-state index in [1.165, 1.54) is 9.75 Å². The quantitative estimate of drug-likeness (QED) is 0.811. The molecular formula is C11H18OS2. The van der Waals surface area contributed by atoms with E-state index in [-0.39, 0.29) is 6.10 Å². The van der Waals surface area contributed by atoms with E-state index in [0.717, 1.165) is 24.3 Å². The van der Waals surface area contributed by atoms with E-state index in [2.05, 4.69) is 26.0 Å². The molecule has 0 saturated heterocycles. The molecule has 0 aliphatic heterocycles. The summed E-state index contributed by atoms with van der Waals surface area (Å²) in [6.07, 6.45) is 1.74. The molecule has 1 rings (SSSR count). The molecule has 1 aromatic rings. The van der Waals surface area contributed by atoms with Gasteiger partial charge in [0.2, 0.25) is 0 Å². The molecule has 0 amide bonds. The molecule has 1 N–H and O–H groups in total. The lowest BCUT2D eigenvalue weighted by molar-refractivity contribution is 0.201. The second-order valence-corrected chi connectivity index (χ2v) is 5.81. The first-order valence-corrected chi connectivity index (χ1v) is 7.06. The summed E-state index contributed by atoms with van der Waals surface area (Å²) < 4.78 is 0. The van der Waals surface area contributed by atoms with Gasteiger partial charge in [0, 0.05) is 21.9 Å². The Morgan fingerprint density at radius 3 is 2.64 bits per heavy atom. The highest BCUT2D eigenvalue weighted by molar-refractivity contribution is 7.99. The van der Waals surface area contributed by atoms with Crippen LogP contribution in [-0.2, 0) is 12.8 Å². The highest BCUT2D eigenvalue weighted by Crippen LogP contribution is 2.19. The van der Waals surface area contributed by atoms with Crippen LogP contribution in [0.2, 0.25) is 0 Å². The lowest BCUT2D eigenvalue weighted by atomic mass is 10.2. The molecule has 14 heavy (non-hydrogen) atoms. The van der Waals surface area contributed by atoms with Crippen molar-refractivity contribution in [2.75, 3.05) is 11.5 Å². The Kier molecular flexibility index (Phi) is 5.60. The lowest BCUT2D eigenvalue weighted by Gasteiger charge is -2.07. The monoisotopic (exact) mass is 230 g/mol. The molecule has 0 aliphatic rings. The van der Waals surface area contributed by atoms with Gasteiger partial charge in [0.1, 0.15) is 0 Å². The summed E-state index contributed by atoms with van der Waals surface area (Å²) in [6, 6.07) is 4.31. The van der Waals surface area contributed by atoms with Crippen LogP contribution in [0.25, 0.3) is 0 Å². The van der Waals surface area contributed by atoms with Crippen molar-refractivity contribution < 1.29 is 5.11 Å². The molecule has 1 aromatic heterocycles. The summed E-state index contributed by atoms with van der Waals surface area (Å²) in [5, 5.41) is 9.70. The van der Waals surface area contributed by atoms with Crippen molar-refractivity contribution in [1.82, 2.24) is 0 Å². The summed E-state index contributed by atoms with van der Waals surface area (Å²) >= 11 is 3.63. The summed E-state index contributed by atoms with van der Waals surface area (Å²) in [6.45, 7) is 4.29. The predicted molar refractivity (Wildman–Crippen MR) is 66.4 cm³/mol. The molecule has 0 fully saturated rings. The normalized spacial score (nSPS) is 13.1. The van der Waals surface area contributed by atoms with Crippen LogP contribution < -0.4 is 0 Å². The summed E-state index contributed by atoms with van der Waals surface area (Å²) in [4.78, 5) is 2.72.